The number of benzene rings is 2. The van der Waals surface area contributed by atoms with Crippen LogP contribution in [0.5, 0.6) is 11.5 Å². The van der Waals surface area contributed by atoms with E-state index in [4.69, 9.17) is 10.5 Å². The van der Waals surface area contributed by atoms with Gasteiger partial charge in [0.2, 0.25) is 0 Å². The largest absolute Gasteiger partial charge is 0.456 e. The van der Waals surface area contributed by atoms with E-state index in [0.29, 0.717) is 5.75 Å². The van der Waals surface area contributed by atoms with Crippen molar-refractivity contribution >= 4 is 21.8 Å². The fourth-order valence-electron chi connectivity index (χ4n) is 1.63. The Morgan fingerprint density at radius 3 is 2.53 bits per heavy atom. The Hall–Kier alpha value is -1.88. The number of amides is 1. The van der Waals surface area contributed by atoms with Gasteiger partial charge in [0.05, 0.1) is 5.56 Å². The van der Waals surface area contributed by atoms with Gasteiger partial charge in [-0.15, -0.1) is 0 Å². The zero-order valence-electron chi connectivity index (χ0n) is 10.1. The molecule has 0 fully saturated rings. The second-order valence-electron chi connectivity index (χ2n) is 4.02. The molecule has 98 valence electrons. The minimum atomic E-state index is -0.732. The van der Waals surface area contributed by atoms with Crippen LogP contribution in [0.15, 0.2) is 40.9 Å². The maximum Gasteiger partial charge on any atom is 0.252 e. The van der Waals surface area contributed by atoms with Gasteiger partial charge in [0.15, 0.2) is 0 Å². The zero-order chi connectivity index (χ0) is 14.0. The molecule has 2 aromatic carbocycles. The van der Waals surface area contributed by atoms with Crippen LogP contribution in [0.3, 0.4) is 0 Å². The van der Waals surface area contributed by atoms with Crippen molar-refractivity contribution in [3.05, 3.63) is 57.8 Å². The Bertz CT molecular complexity index is 643. The van der Waals surface area contributed by atoms with Crippen molar-refractivity contribution in [2.75, 3.05) is 0 Å². The summed E-state index contributed by atoms with van der Waals surface area (Å²) in [6.07, 6.45) is 0. The molecule has 0 saturated heterocycles. The summed E-state index contributed by atoms with van der Waals surface area (Å²) in [5, 5.41) is 0. The molecular weight excluding hydrogens is 313 g/mol. The lowest BCUT2D eigenvalue weighted by Gasteiger charge is -2.11. The minimum Gasteiger partial charge on any atom is -0.456 e. The SMILES string of the molecule is Cc1cc(Br)ccc1Oc1ccc(F)cc1C(N)=O. The highest BCUT2D eigenvalue weighted by Gasteiger charge is 2.12. The van der Waals surface area contributed by atoms with Crippen molar-refractivity contribution in [1.82, 2.24) is 0 Å². The van der Waals surface area contributed by atoms with E-state index in [9.17, 15) is 9.18 Å². The van der Waals surface area contributed by atoms with Gasteiger partial charge in [-0.1, -0.05) is 15.9 Å². The second-order valence-corrected chi connectivity index (χ2v) is 4.93. The van der Waals surface area contributed by atoms with E-state index in [-0.39, 0.29) is 11.3 Å². The zero-order valence-corrected chi connectivity index (χ0v) is 11.7. The summed E-state index contributed by atoms with van der Waals surface area (Å²) in [5.74, 6) is -0.449. The molecule has 0 atom stereocenters. The molecule has 0 radical (unpaired) electrons. The monoisotopic (exact) mass is 323 g/mol. The molecule has 0 aliphatic heterocycles. The summed E-state index contributed by atoms with van der Waals surface area (Å²) in [6.45, 7) is 1.87. The molecule has 2 rings (SSSR count). The predicted octanol–water partition coefficient (Wildman–Crippen LogP) is 3.79. The third-order valence-electron chi connectivity index (χ3n) is 2.56. The van der Waals surface area contributed by atoms with Gasteiger partial charge < -0.3 is 10.5 Å². The molecule has 0 aliphatic rings. The van der Waals surface area contributed by atoms with Gasteiger partial charge in [-0.05, 0) is 48.9 Å². The number of carbonyl (C=O) groups is 1. The number of ether oxygens (including phenoxy) is 1. The Labute approximate surface area is 118 Å². The number of halogens is 2. The van der Waals surface area contributed by atoms with Crippen LogP contribution in [0.4, 0.5) is 4.39 Å². The first kappa shape index (κ1) is 13.5. The smallest absolute Gasteiger partial charge is 0.252 e. The fraction of sp³-hybridized carbons (Fsp3) is 0.0714. The van der Waals surface area contributed by atoms with Crippen LogP contribution in [-0.2, 0) is 0 Å². The molecule has 2 N–H and O–H groups in total. The van der Waals surface area contributed by atoms with E-state index >= 15 is 0 Å². The van der Waals surface area contributed by atoms with Crippen molar-refractivity contribution < 1.29 is 13.9 Å². The molecule has 1 amide bonds. The average molecular weight is 324 g/mol. The van der Waals surface area contributed by atoms with E-state index in [1.165, 1.54) is 12.1 Å². The number of hydrogen-bond acceptors (Lipinski definition) is 2. The molecule has 0 aromatic heterocycles. The first-order chi connectivity index (χ1) is 8.97. The summed E-state index contributed by atoms with van der Waals surface area (Å²) >= 11 is 3.35. The third-order valence-corrected chi connectivity index (χ3v) is 3.06. The van der Waals surface area contributed by atoms with Crippen molar-refractivity contribution in [2.45, 2.75) is 6.92 Å². The number of primary amides is 1. The topological polar surface area (TPSA) is 52.3 Å². The number of hydrogen-bond donors (Lipinski definition) is 1. The molecular formula is C14H11BrFNO2. The van der Waals surface area contributed by atoms with Gasteiger partial charge in [-0.3, -0.25) is 4.79 Å². The molecule has 5 heteroatoms. The van der Waals surface area contributed by atoms with Gasteiger partial charge in [-0.2, -0.15) is 0 Å². The van der Waals surface area contributed by atoms with Crippen molar-refractivity contribution in [3.8, 4) is 11.5 Å². The Kier molecular flexibility index (Phi) is 3.85. The lowest BCUT2D eigenvalue weighted by Crippen LogP contribution is -2.12. The van der Waals surface area contributed by atoms with Crippen LogP contribution < -0.4 is 10.5 Å². The second kappa shape index (κ2) is 5.40. The molecule has 0 saturated carbocycles. The standard InChI is InChI=1S/C14H11BrFNO2/c1-8-6-9(15)2-4-12(8)19-13-5-3-10(16)7-11(13)14(17)18/h2-7H,1H3,(H2,17,18). The van der Waals surface area contributed by atoms with Gasteiger partial charge >= 0.3 is 0 Å². The molecule has 0 aliphatic carbocycles. The highest BCUT2D eigenvalue weighted by atomic mass is 79.9. The lowest BCUT2D eigenvalue weighted by atomic mass is 10.1. The summed E-state index contributed by atoms with van der Waals surface area (Å²) in [5.41, 5.74) is 6.11. The summed E-state index contributed by atoms with van der Waals surface area (Å²) in [7, 11) is 0. The van der Waals surface area contributed by atoms with Crippen LogP contribution in [0.2, 0.25) is 0 Å². The van der Waals surface area contributed by atoms with E-state index in [1.54, 1.807) is 6.07 Å². The molecule has 19 heavy (non-hydrogen) atoms. The van der Waals surface area contributed by atoms with E-state index in [1.807, 2.05) is 19.1 Å². The van der Waals surface area contributed by atoms with E-state index in [0.717, 1.165) is 16.1 Å². The van der Waals surface area contributed by atoms with Gasteiger partial charge in [-0.25, -0.2) is 4.39 Å². The molecule has 0 heterocycles. The van der Waals surface area contributed by atoms with Gasteiger partial charge in [0.25, 0.3) is 5.91 Å². The highest BCUT2D eigenvalue weighted by Crippen LogP contribution is 2.29. The van der Waals surface area contributed by atoms with Crippen molar-refractivity contribution in [2.24, 2.45) is 5.73 Å². The van der Waals surface area contributed by atoms with Gasteiger partial charge in [0, 0.05) is 4.47 Å². The van der Waals surface area contributed by atoms with Gasteiger partial charge in [0.1, 0.15) is 17.3 Å². The molecule has 3 nitrogen and oxygen atoms in total. The fourth-order valence-corrected chi connectivity index (χ4v) is 2.11. The number of rotatable bonds is 3. The number of carbonyl (C=O) groups excluding carboxylic acids is 1. The number of aryl methyl sites for hydroxylation is 1. The Balaban J connectivity index is 2.40. The lowest BCUT2D eigenvalue weighted by molar-refractivity contribution is 0.0997. The average Bonchev–Trinajstić information content (AvgIpc) is 2.34. The normalized spacial score (nSPS) is 10.3. The Morgan fingerprint density at radius 1 is 1.21 bits per heavy atom. The minimum absolute atomic E-state index is 0.0160. The first-order valence-electron chi connectivity index (χ1n) is 5.51. The first-order valence-corrected chi connectivity index (χ1v) is 6.30. The molecule has 0 bridgehead atoms. The quantitative estimate of drug-likeness (QED) is 0.934. The summed E-state index contributed by atoms with van der Waals surface area (Å²) in [6, 6.07) is 9.12. The van der Waals surface area contributed by atoms with E-state index < -0.39 is 11.7 Å². The maximum atomic E-state index is 13.1. The van der Waals surface area contributed by atoms with Crippen LogP contribution in [0.1, 0.15) is 15.9 Å². The molecule has 0 unspecified atom stereocenters. The van der Waals surface area contributed by atoms with Crippen LogP contribution in [0.25, 0.3) is 0 Å². The third kappa shape index (κ3) is 3.12. The van der Waals surface area contributed by atoms with Crippen molar-refractivity contribution in [1.29, 1.82) is 0 Å². The molecule has 0 spiro atoms. The number of nitrogens with two attached hydrogens (primary N) is 1. The summed E-state index contributed by atoms with van der Waals surface area (Å²) < 4.78 is 19.7. The predicted molar refractivity (Wildman–Crippen MR) is 73.9 cm³/mol. The van der Waals surface area contributed by atoms with Crippen LogP contribution in [-0.4, -0.2) is 5.91 Å². The van der Waals surface area contributed by atoms with E-state index in [2.05, 4.69) is 15.9 Å². The molecule has 2 aromatic rings. The van der Waals surface area contributed by atoms with Crippen LogP contribution in [0, 0.1) is 12.7 Å². The van der Waals surface area contributed by atoms with Crippen LogP contribution >= 0.6 is 15.9 Å². The summed E-state index contributed by atoms with van der Waals surface area (Å²) in [4.78, 5) is 11.3. The Morgan fingerprint density at radius 2 is 1.89 bits per heavy atom. The van der Waals surface area contributed by atoms with Crippen molar-refractivity contribution in [3.63, 3.8) is 0 Å². The maximum absolute atomic E-state index is 13.1. The highest BCUT2D eigenvalue weighted by molar-refractivity contribution is 9.10.